The quantitative estimate of drug-likeness (QED) is 0.501. The average molecular weight is 390 g/mol. The molecule has 0 spiro atoms. The number of benzene rings is 2. The molecule has 0 fully saturated rings. The number of amidine groups is 1. The summed E-state index contributed by atoms with van der Waals surface area (Å²) in [5.41, 5.74) is 9.13. The minimum atomic E-state index is -0.704. The molecule has 3 aromatic rings. The van der Waals surface area contributed by atoms with E-state index in [0.717, 1.165) is 5.39 Å². The Hall–Kier alpha value is -4.14. The van der Waals surface area contributed by atoms with Gasteiger partial charge in [-0.3, -0.25) is 30.7 Å². The van der Waals surface area contributed by atoms with Gasteiger partial charge in [-0.1, -0.05) is 18.2 Å². The standard InChI is InChI=1S/C20H18N6O3/c1-12-20(29)26(15-5-3-2-4-6-15)25-17(22-12)19(28)24-23-14-7-8-16-13(11-14)9-10-21-18(16)27/h2-12,23H,1H3,(H,21,27)(H,22,25)(H,24,28). The number of aromatic amines is 1. The zero-order valence-electron chi connectivity index (χ0n) is 15.5. The predicted molar refractivity (Wildman–Crippen MR) is 110 cm³/mol. The number of amides is 2. The highest BCUT2D eigenvalue weighted by Gasteiger charge is 2.30. The highest BCUT2D eigenvalue weighted by atomic mass is 16.2. The van der Waals surface area contributed by atoms with Gasteiger partial charge in [0.2, 0.25) is 5.84 Å². The van der Waals surface area contributed by atoms with Crippen molar-refractivity contribution in [2.75, 3.05) is 10.4 Å². The number of aromatic nitrogens is 1. The Morgan fingerprint density at radius 2 is 1.90 bits per heavy atom. The number of nitrogens with one attached hydrogen (secondary N) is 4. The molecule has 1 aliphatic rings. The van der Waals surface area contributed by atoms with E-state index in [-0.39, 0.29) is 17.3 Å². The molecular formula is C20H18N6O3. The summed E-state index contributed by atoms with van der Waals surface area (Å²) in [6, 6.07) is 15.1. The van der Waals surface area contributed by atoms with Gasteiger partial charge >= 0.3 is 5.91 Å². The first-order valence-electron chi connectivity index (χ1n) is 8.94. The van der Waals surface area contributed by atoms with Crippen molar-refractivity contribution in [1.29, 1.82) is 0 Å². The van der Waals surface area contributed by atoms with Gasteiger partial charge in [0.25, 0.3) is 11.5 Å². The summed E-state index contributed by atoms with van der Waals surface area (Å²) in [6.45, 7) is 1.63. The van der Waals surface area contributed by atoms with Crippen molar-refractivity contribution in [2.24, 2.45) is 4.99 Å². The molecule has 0 saturated heterocycles. The molecule has 2 aromatic carbocycles. The number of carbonyl (C=O) groups excluding carboxylic acids is 2. The lowest BCUT2D eigenvalue weighted by atomic mass is 10.1. The number of para-hydroxylation sites is 1. The molecular weight excluding hydrogens is 372 g/mol. The number of rotatable bonds is 4. The summed E-state index contributed by atoms with van der Waals surface area (Å²) in [5.74, 6) is -0.789. The molecule has 0 bridgehead atoms. The highest BCUT2D eigenvalue weighted by Crippen LogP contribution is 2.17. The molecule has 1 aliphatic heterocycles. The van der Waals surface area contributed by atoms with Crippen LogP contribution in [0.25, 0.3) is 10.8 Å². The van der Waals surface area contributed by atoms with E-state index in [9.17, 15) is 14.4 Å². The highest BCUT2D eigenvalue weighted by molar-refractivity contribution is 6.39. The molecule has 2 heterocycles. The maximum atomic E-state index is 12.6. The molecule has 2 amide bonds. The average Bonchev–Trinajstić information content (AvgIpc) is 2.74. The zero-order valence-corrected chi connectivity index (χ0v) is 15.5. The fraction of sp³-hybridized carbons (Fsp3) is 0.100. The van der Waals surface area contributed by atoms with Gasteiger partial charge < -0.3 is 4.98 Å². The van der Waals surface area contributed by atoms with Crippen molar-refractivity contribution in [3.63, 3.8) is 0 Å². The molecule has 9 nitrogen and oxygen atoms in total. The van der Waals surface area contributed by atoms with Crippen molar-refractivity contribution >= 4 is 39.8 Å². The SMILES string of the molecule is CC1N=C(C(=O)NNc2ccc3c(=O)[nH]ccc3c2)NN(c2ccccc2)C1=O. The van der Waals surface area contributed by atoms with Crippen LogP contribution >= 0.6 is 0 Å². The molecule has 1 aromatic heterocycles. The minimum Gasteiger partial charge on any atom is -0.329 e. The number of pyridine rings is 1. The zero-order chi connectivity index (χ0) is 20.4. The lowest BCUT2D eigenvalue weighted by Crippen LogP contribution is -2.58. The van der Waals surface area contributed by atoms with E-state index >= 15 is 0 Å². The first-order chi connectivity index (χ1) is 14.0. The maximum Gasteiger partial charge on any atom is 0.306 e. The summed E-state index contributed by atoms with van der Waals surface area (Å²) in [6.07, 6.45) is 1.56. The van der Waals surface area contributed by atoms with Crippen LogP contribution in [0.2, 0.25) is 0 Å². The fourth-order valence-corrected chi connectivity index (χ4v) is 2.96. The number of anilines is 2. The second-order valence-corrected chi connectivity index (χ2v) is 6.46. The molecule has 0 saturated carbocycles. The topological polar surface area (TPSA) is 119 Å². The lowest BCUT2D eigenvalue weighted by molar-refractivity contribution is -0.120. The van der Waals surface area contributed by atoms with Crippen LogP contribution in [-0.4, -0.2) is 28.7 Å². The van der Waals surface area contributed by atoms with Crippen molar-refractivity contribution in [3.8, 4) is 0 Å². The molecule has 29 heavy (non-hydrogen) atoms. The first-order valence-corrected chi connectivity index (χ1v) is 8.94. The van der Waals surface area contributed by atoms with E-state index in [4.69, 9.17) is 0 Å². The van der Waals surface area contributed by atoms with Gasteiger partial charge in [0.1, 0.15) is 6.04 Å². The fourth-order valence-electron chi connectivity index (χ4n) is 2.96. The van der Waals surface area contributed by atoms with Gasteiger partial charge in [0, 0.05) is 11.6 Å². The number of hydrazine groups is 2. The summed E-state index contributed by atoms with van der Waals surface area (Å²) < 4.78 is 0. The molecule has 0 aliphatic carbocycles. The lowest BCUT2D eigenvalue weighted by Gasteiger charge is -2.30. The molecule has 4 rings (SSSR count). The van der Waals surface area contributed by atoms with E-state index in [1.165, 1.54) is 5.01 Å². The van der Waals surface area contributed by atoms with Gasteiger partial charge in [-0.05, 0) is 48.7 Å². The Kier molecular flexibility index (Phi) is 4.70. The van der Waals surface area contributed by atoms with Crippen LogP contribution in [0.4, 0.5) is 11.4 Å². The molecule has 9 heteroatoms. The van der Waals surface area contributed by atoms with E-state index in [0.29, 0.717) is 16.8 Å². The van der Waals surface area contributed by atoms with Crippen molar-refractivity contribution < 1.29 is 9.59 Å². The molecule has 4 N–H and O–H groups in total. The van der Waals surface area contributed by atoms with Crippen LogP contribution < -0.4 is 26.8 Å². The summed E-state index contributed by atoms with van der Waals surface area (Å²) in [4.78, 5) is 43.5. The third-order valence-electron chi connectivity index (χ3n) is 4.44. The molecule has 146 valence electrons. The van der Waals surface area contributed by atoms with Crippen molar-refractivity contribution in [3.05, 3.63) is 71.1 Å². The van der Waals surface area contributed by atoms with Crippen LogP contribution in [0, 0.1) is 0 Å². The van der Waals surface area contributed by atoms with Gasteiger partial charge in [-0.15, -0.1) is 0 Å². The van der Waals surface area contributed by atoms with Gasteiger partial charge in [0.15, 0.2) is 0 Å². The van der Waals surface area contributed by atoms with Crippen LogP contribution in [0.1, 0.15) is 6.92 Å². The Morgan fingerprint density at radius 1 is 1.10 bits per heavy atom. The number of carbonyl (C=O) groups is 2. The van der Waals surface area contributed by atoms with Gasteiger partial charge in [0.05, 0.1) is 11.4 Å². The van der Waals surface area contributed by atoms with Crippen LogP contribution in [0.3, 0.4) is 0 Å². The summed E-state index contributed by atoms with van der Waals surface area (Å²) in [7, 11) is 0. The second-order valence-electron chi connectivity index (χ2n) is 6.46. The largest absolute Gasteiger partial charge is 0.329 e. The maximum absolute atomic E-state index is 12.6. The Labute approximate surface area is 165 Å². The van der Waals surface area contributed by atoms with E-state index in [2.05, 4.69) is 26.3 Å². The Balaban J connectivity index is 1.49. The molecule has 0 radical (unpaired) electrons. The van der Waals surface area contributed by atoms with Crippen LogP contribution in [-0.2, 0) is 9.59 Å². The second kappa shape index (κ2) is 7.47. The van der Waals surface area contributed by atoms with Gasteiger partial charge in [-0.25, -0.2) is 10.0 Å². The van der Waals surface area contributed by atoms with Crippen molar-refractivity contribution in [1.82, 2.24) is 15.8 Å². The molecule has 1 unspecified atom stereocenters. The van der Waals surface area contributed by atoms with E-state index < -0.39 is 11.9 Å². The first kappa shape index (κ1) is 18.2. The Bertz CT molecular complexity index is 1170. The van der Waals surface area contributed by atoms with Gasteiger partial charge in [-0.2, -0.15) is 0 Å². The Morgan fingerprint density at radius 3 is 2.69 bits per heavy atom. The summed E-state index contributed by atoms with van der Waals surface area (Å²) >= 11 is 0. The normalized spacial score (nSPS) is 16.2. The number of hydrogen-bond donors (Lipinski definition) is 4. The number of fused-ring (bicyclic) bond motifs is 1. The van der Waals surface area contributed by atoms with E-state index in [1.54, 1.807) is 61.7 Å². The van der Waals surface area contributed by atoms with Crippen LogP contribution in [0.5, 0.6) is 0 Å². The smallest absolute Gasteiger partial charge is 0.306 e. The number of nitrogens with zero attached hydrogens (tertiary/aromatic N) is 2. The molecule has 1 atom stereocenters. The minimum absolute atomic E-state index is 0.00527. The number of aliphatic imine (C=N–C) groups is 1. The number of hydrogen-bond acceptors (Lipinski definition) is 6. The third kappa shape index (κ3) is 3.65. The van der Waals surface area contributed by atoms with E-state index in [1.807, 2.05) is 6.07 Å². The van der Waals surface area contributed by atoms with Crippen molar-refractivity contribution in [2.45, 2.75) is 13.0 Å². The predicted octanol–water partition coefficient (Wildman–Crippen LogP) is 1.31. The number of H-pyrrole nitrogens is 1. The third-order valence-corrected chi connectivity index (χ3v) is 4.44. The van der Waals surface area contributed by atoms with Crippen LogP contribution in [0.15, 0.2) is 70.6 Å². The summed E-state index contributed by atoms with van der Waals surface area (Å²) in [5, 5.41) is 2.58. The monoisotopic (exact) mass is 390 g/mol.